The van der Waals surface area contributed by atoms with Crippen LogP contribution in [0.1, 0.15) is 105 Å². The molecule has 0 aromatic carbocycles. The second-order valence-corrected chi connectivity index (χ2v) is 13.4. The van der Waals surface area contributed by atoms with E-state index in [0.717, 1.165) is 36.0 Å². The van der Waals surface area contributed by atoms with Gasteiger partial charge >= 0.3 is 0 Å². The summed E-state index contributed by atoms with van der Waals surface area (Å²) in [6, 6.07) is 0. The van der Waals surface area contributed by atoms with E-state index in [1.165, 1.54) is 57.8 Å². The molecule has 4 saturated carbocycles. The molecule has 1 aliphatic heterocycles. The fraction of sp³-hybridized carbons (Fsp3) is 0.966. The lowest BCUT2D eigenvalue weighted by Crippen LogP contribution is -2.60. The monoisotopic (exact) mass is 444 g/mol. The minimum atomic E-state index is -0.582. The van der Waals surface area contributed by atoms with Crippen molar-refractivity contribution in [3.8, 4) is 0 Å². The summed E-state index contributed by atoms with van der Waals surface area (Å²) in [5, 5.41) is 0. The van der Waals surface area contributed by atoms with E-state index in [9.17, 15) is 4.79 Å². The molecule has 5 aliphatic rings. The topological polar surface area (TPSA) is 35.5 Å². The van der Waals surface area contributed by atoms with Gasteiger partial charge in [-0.2, -0.15) is 0 Å². The molecule has 8 atom stereocenters. The fourth-order valence-corrected chi connectivity index (χ4v) is 9.80. The Hall–Kier alpha value is -0.410. The van der Waals surface area contributed by atoms with Gasteiger partial charge in [-0.05, 0) is 85.4 Å². The SMILES string of the molecule is CC(C)CCC[C@@H](C)[C@H]1CC[C@H]2[C@@H]3CC[C@@H]4CC5(CC(=O)[C@]4(C)[C@H]3CC[C@]12C)OCCO5. The Labute approximate surface area is 196 Å². The van der Waals surface area contributed by atoms with E-state index < -0.39 is 5.79 Å². The highest BCUT2D eigenvalue weighted by Gasteiger charge is 2.65. The number of rotatable bonds is 5. The molecule has 0 radical (unpaired) electrons. The van der Waals surface area contributed by atoms with Crippen LogP contribution in [-0.4, -0.2) is 24.8 Å². The van der Waals surface area contributed by atoms with E-state index in [0.29, 0.717) is 42.7 Å². The zero-order valence-corrected chi connectivity index (χ0v) is 21.5. The lowest BCUT2D eigenvalue weighted by atomic mass is 9.44. The highest BCUT2D eigenvalue weighted by Crippen LogP contribution is 2.68. The Morgan fingerprint density at radius 1 is 0.938 bits per heavy atom. The first-order chi connectivity index (χ1) is 15.2. The Bertz CT molecular complexity index is 709. The zero-order chi connectivity index (χ0) is 22.7. The standard InChI is InChI=1S/C29H48O3/c1-19(2)7-6-8-20(3)23-11-12-24-22-10-9-21-17-29(31-15-16-32-29)18-26(30)28(21,5)25(22)13-14-27(23,24)4/h19-25H,6-18H2,1-5H3/t20-,21-,22+,23-,24+,25+,27-,28+/m1/s1. The number of Topliss-reactive ketones (excluding diaryl/α,β-unsaturated/α-hetero) is 1. The highest BCUT2D eigenvalue weighted by atomic mass is 16.7. The maximum absolute atomic E-state index is 13.7. The van der Waals surface area contributed by atoms with E-state index in [4.69, 9.17) is 9.47 Å². The summed E-state index contributed by atoms with van der Waals surface area (Å²) in [5.74, 6) is 5.04. The first-order valence-corrected chi connectivity index (χ1v) is 14.0. The van der Waals surface area contributed by atoms with Crippen molar-refractivity contribution in [2.75, 3.05) is 13.2 Å². The summed E-state index contributed by atoms with van der Waals surface area (Å²) in [4.78, 5) is 13.7. The lowest BCUT2D eigenvalue weighted by Gasteiger charge is -2.61. The minimum Gasteiger partial charge on any atom is -0.347 e. The van der Waals surface area contributed by atoms with Gasteiger partial charge in [-0.1, -0.05) is 53.9 Å². The van der Waals surface area contributed by atoms with Gasteiger partial charge < -0.3 is 9.47 Å². The van der Waals surface area contributed by atoms with Crippen molar-refractivity contribution in [3.63, 3.8) is 0 Å². The van der Waals surface area contributed by atoms with Crippen LogP contribution in [0.5, 0.6) is 0 Å². The molecular weight excluding hydrogens is 396 g/mol. The average Bonchev–Trinajstić information content (AvgIpc) is 3.33. The van der Waals surface area contributed by atoms with Crippen LogP contribution in [-0.2, 0) is 14.3 Å². The Kier molecular flexibility index (Phi) is 6.10. The number of ether oxygens (including phenoxy) is 2. The first-order valence-electron chi connectivity index (χ1n) is 14.0. The Morgan fingerprint density at radius 3 is 2.41 bits per heavy atom. The molecule has 5 fully saturated rings. The summed E-state index contributed by atoms with van der Waals surface area (Å²) in [5.41, 5.74) is 0.351. The van der Waals surface area contributed by atoms with Crippen LogP contribution in [0.4, 0.5) is 0 Å². The van der Waals surface area contributed by atoms with E-state index in [-0.39, 0.29) is 5.41 Å². The maximum Gasteiger partial charge on any atom is 0.175 e. The van der Waals surface area contributed by atoms with Crippen molar-refractivity contribution < 1.29 is 14.3 Å². The molecule has 1 saturated heterocycles. The Balaban J connectivity index is 1.32. The summed E-state index contributed by atoms with van der Waals surface area (Å²) in [6.45, 7) is 13.6. The molecule has 1 heterocycles. The molecule has 182 valence electrons. The molecule has 5 rings (SSSR count). The molecule has 0 aromatic rings. The Morgan fingerprint density at radius 2 is 1.69 bits per heavy atom. The normalized spacial score (nSPS) is 46.2. The molecule has 0 unspecified atom stereocenters. The molecule has 0 aromatic heterocycles. The van der Waals surface area contributed by atoms with Gasteiger partial charge in [0.2, 0.25) is 0 Å². The summed E-state index contributed by atoms with van der Waals surface area (Å²) in [6.07, 6.45) is 13.5. The van der Waals surface area contributed by atoms with Gasteiger partial charge in [0.1, 0.15) is 5.78 Å². The van der Waals surface area contributed by atoms with Gasteiger partial charge in [0.15, 0.2) is 5.79 Å². The van der Waals surface area contributed by atoms with Gasteiger partial charge in [-0.25, -0.2) is 0 Å². The van der Waals surface area contributed by atoms with Crippen LogP contribution in [0.15, 0.2) is 0 Å². The quantitative estimate of drug-likeness (QED) is 0.456. The third-order valence-electron chi connectivity index (χ3n) is 11.5. The van der Waals surface area contributed by atoms with Crippen LogP contribution >= 0.6 is 0 Å². The number of carbonyl (C=O) groups excluding carboxylic acids is 1. The first kappa shape index (κ1) is 23.3. The maximum atomic E-state index is 13.7. The predicted octanol–water partition coefficient (Wildman–Crippen LogP) is 7.03. The lowest BCUT2D eigenvalue weighted by molar-refractivity contribution is -0.221. The second kappa shape index (κ2) is 8.36. The molecule has 4 aliphatic carbocycles. The smallest absolute Gasteiger partial charge is 0.175 e. The number of hydrogen-bond donors (Lipinski definition) is 0. The number of hydrogen-bond acceptors (Lipinski definition) is 3. The number of ketones is 1. The summed E-state index contributed by atoms with van der Waals surface area (Å²) in [7, 11) is 0. The molecule has 3 heteroatoms. The molecule has 32 heavy (non-hydrogen) atoms. The molecule has 1 spiro atoms. The molecular formula is C29H48O3. The van der Waals surface area contributed by atoms with E-state index in [1.54, 1.807) is 0 Å². The van der Waals surface area contributed by atoms with Crippen LogP contribution in [0.3, 0.4) is 0 Å². The third kappa shape index (κ3) is 3.55. The third-order valence-corrected chi connectivity index (χ3v) is 11.5. The highest BCUT2D eigenvalue weighted by molar-refractivity contribution is 5.87. The van der Waals surface area contributed by atoms with E-state index in [1.807, 2.05) is 0 Å². The zero-order valence-electron chi connectivity index (χ0n) is 21.5. The van der Waals surface area contributed by atoms with Crippen molar-refractivity contribution in [1.29, 1.82) is 0 Å². The molecule has 0 N–H and O–H groups in total. The average molecular weight is 445 g/mol. The molecule has 3 nitrogen and oxygen atoms in total. The van der Waals surface area contributed by atoms with Gasteiger partial charge in [0.25, 0.3) is 0 Å². The van der Waals surface area contributed by atoms with Gasteiger partial charge in [0.05, 0.1) is 19.6 Å². The van der Waals surface area contributed by atoms with Gasteiger partial charge in [0, 0.05) is 11.8 Å². The number of carbonyl (C=O) groups is 1. The predicted molar refractivity (Wildman–Crippen MR) is 128 cm³/mol. The van der Waals surface area contributed by atoms with Crippen molar-refractivity contribution in [3.05, 3.63) is 0 Å². The van der Waals surface area contributed by atoms with Crippen molar-refractivity contribution >= 4 is 5.78 Å². The van der Waals surface area contributed by atoms with Crippen LogP contribution < -0.4 is 0 Å². The fourth-order valence-electron chi connectivity index (χ4n) is 9.80. The second-order valence-electron chi connectivity index (χ2n) is 13.4. The van der Waals surface area contributed by atoms with E-state index >= 15 is 0 Å². The van der Waals surface area contributed by atoms with Crippen molar-refractivity contribution in [2.24, 2.45) is 52.3 Å². The van der Waals surface area contributed by atoms with Gasteiger partial charge in [-0.15, -0.1) is 0 Å². The number of fused-ring (bicyclic) bond motifs is 5. The van der Waals surface area contributed by atoms with Crippen LogP contribution in [0.25, 0.3) is 0 Å². The largest absolute Gasteiger partial charge is 0.347 e. The van der Waals surface area contributed by atoms with Gasteiger partial charge in [-0.3, -0.25) is 4.79 Å². The van der Waals surface area contributed by atoms with Crippen molar-refractivity contribution in [2.45, 2.75) is 111 Å². The van der Waals surface area contributed by atoms with E-state index in [2.05, 4.69) is 34.6 Å². The summed E-state index contributed by atoms with van der Waals surface area (Å²) >= 11 is 0. The van der Waals surface area contributed by atoms with Crippen LogP contribution in [0, 0.1) is 52.3 Å². The molecule has 0 amide bonds. The minimum absolute atomic E-state index is 0.147. The summed E-state index contributed by atoms with van der Waals surface area (Å²) < 4.78 is 12.0. The molecule has 0 bridgehead atoms. The van der Waals surface area contributed by atoms with Crippen LogP contribution in [0.2, 0.25) is 0 Å². The van der Waals surface area contributed by atoms with Crippen molar-refractivity contribution in [1.82, 2.24) is 0 Å².